The van der Waals surface area contributed by atoms with E-state index in [0.717, 1.165) is 5.56 Å². The summed E-state index contributed by atoms with van der Waals surface area (Å²) in [6.45, 7) is 1.83. The average Bonchev–Trinajstić information content (AvgIpc) is 2.18. The van der Waals surface area contributed by atoms with Crippen molar-refractivity contribution in [2.24, 2.45) is 0 Å². The first-order chi connectivity index (χ1) is 7.13. The van der Waals surface area contributed by atoms with Crippen molar-refractivity contribution in [2.75, 3.05) is 5.33 Å². The van der Waals surface area contributed by atoms with Gasteiger partial charge in [-0.25, -0.2) is 4.39 Å². The lowest BCUT2D eigenvalue weighted by Crippen LogP contribution is -2.26. The maximum absolute atomic E-state index is 12.9. The van der Waals surface area contributed by atoms with Gasteiger partial charge in [0.05, 0.1) is 6.04 Å². The van der Waals surface area contributed by atoms with Crippen molar-refractivity contribution in [3.63, 3.8) is 0 Å². The Morgan fingerprint density at radius 3 is 2.93 bits per heavy atom. The predicted octanol–water partition coefficient (Wildman–Crippen LogP) is 2.79. The van der Waals surface area contributed by atoms with Crippen LogP contribution in [0, 0.1) is 5.82 Å². The highest BCUT2D eigenvalue weighted by molar-refractivity contribution is 9.09. The molecule has 82 valence electrons. The number of hydrogen-bond acceptors (Lipinski definition) is 1. The number of rotatable bonds is 4. The summed E-state index contributed by atoms with van der Waals surface area (Å²) in [5.74, 6) is -0.322. The number of carbonyl (C=O) groups excluding carboxylic acids is 1. The summed E-state index contributed by atoms with van der Waals surface area (Å²) < 4.78 is 12.9. The summed E-state index contributed by atoms with van der Waals surface area (Å²) in [5.41, 5.74) is 0.776. The fraction of sp³-hybridized carbons (Fsp3) is 0.364. The Labute approximate surface area is 97.0 Å². The van der Waals surface area contributed by atoms with Gasteiger partial charge >= 0.3 is 0 Å². The van der Waals surface area contributed by atoms with Crippen LogP contribution in [0.4, 0.5) is 4.39 Å². The van der Waals surface area contributed by atoms with Crippen molar-refractivity contribution >= 4 is 21.8 Å². The summed E-state index contributed by atoms with van der Waals surface area (Å²) in [6, 6.07) is 6.09. The lowest BCUT2D eigenvalue weighted by Gasteiger charge is -2.13. The van der Waals surface area contributed by atoms with Gasteiger partial charge in [-0.1, -0.05) is 28.1 Å². The molecule has 1 amide bonds. The molecule has 0 saturated carbocycles. The Hall–Kier alpha value is -0.900. The fourth-order valence-electron chi connectivity index (χ4n) is 1.26. The molecule has 0 aliphatic carbocycles. The first-order valence-corrected chi connectivity index (χ1v) is 5.86. The van der Waals surface area contributed by atoms with Gasteiger partial charge in [0.1, 0.15) is 5.82 Å². The molecule has 0 aliphatic heterocycles. The Morgan fingerprint density at radius 2 is 2.33 bits per heavy atom. The van der Waals surface area contributed by atoms with Gasteiger partial charge in [0, 0.05) is 11.8 Å². The van der Waals surface area contributed by atoms with Gasteiger partial charge in [-0.15, -0.1) is 0 Å². The Morgan fingerprint density at radius 1 is 1.60 bits per heavy atom. The summed E-state index contributed by atoms with van der Waals surface area (Å²) in [4.78, 5) is 11.3. The van der Waals surface area contributed by atoms with Gasteiger partial charge in [0.15, 0.2) is 0 Å². The first-order valence-electron chi connectivity index (χ1n) is 4.74. The second-order valence-corrected chi connectivity index (χ2v) is 4.08. The molecule has 0 radical (unpaired) electrons. The maximum Gasteiger partial charge on any atom is 0.221 e. The molecule has 0 bridgehead atoms. The minimum Gasteiger partial charge on any atom is -0.350 e. The normalized spacial score (nSPS) is 12.2. The number of hydrogen-bond donors (Lipinski definition) is 1. The molecule has 1 aromatic rings. The lowest BCUT2D eigenvalue weighted by atomic mass is 10.1. The predicted molar refractivity (Wildman–Crippen MR) is 61.4 cm³/mol. The van der Waals surface area contributed by atoms with Crippen LogP contribution in [0.15, 0.2) is 24.3 Å². The quantitative estimate of drug-likeness (QED) is 0.840. The molecule has 0 aliphatic rings. The third kappa shape index (κ3) is 4.00. The van der Waals surface area contributed by atoms with Gasteiger partial charge in [-0.3, -0.25) is 4.79 Å². The maximum atomic E-state index is 12.9. The van der Waals surface area contributed by atoms with Gasteiger partial charge in [0.25, 0.3) is 0 Å². The molecule has 1 N–H and O–H groups in total. The Balaban J connectivity index is 2.60. The second kappa shape index (κ2) is 5.85. The molecule has 1 aromatic carbocycles. The first kappa shape index (κ1) is 12.2. The third-order valence-electron chi connectivity index (χ3n) is 2.05. The number of benzene rings is 1. The molecule has 0 heterocycles. The van der Waals surface area contributed by atoms with E-state index in [2.05, 4.69) is 21.2 Å². The molecule has 0 unspecified atom stereocenters. The molecule has 15 heavy (non-hydrogen) atoms. The van der Waals surface area contributed by atoms with Crippen LogP contribution in [0.25, 0.3) is 0 Å². The van der Waals surface area contributed by atoms with Crippen LogP contribution >= 0.6 is 15.9 Å². The zero-order valence-electron chi connectivity index (χ0n) is 8.47. The molecule has 0 fully saturated rings. The van der Waals surface area contributed by atoms with Crippen LogP contribution in [-0.4, -0.2) is 11.2 Å². The van der Waals surface area contributed by atoms with Gasteiger partial charge < -0.3 is 5.32 Å². The van der Waals surface area contributed by atoms with Crippen molar-refractivity contribution in [1.82, 2.24) is 5.32 Å². The minimum absolute atomic E-state index is 0.0383. The van der Waals surface area contributed by atoms with Crippen molar-refractivity contribution in [1.29, 1.82) is 0 Å². The molecular weight excluding hydrogens is 261 g/mol. The number of alkyl halides is 1. The van der Waals surface area contributed by atoms with Crippen LogP contribution in [-0.2, 0) is 4.79 Å². The van der Waals surface area contributed by atoms with E-state index in [9.17, 15) is 9.18 Å². The lowest BCUT2D eigenvalue weighted by molar-refractivity contribution is -0.121. The summed E-state index contributed by atoms with van der Waals surface area (Å²) in [5, 5.41) is 3.42. The Kier molecular flexibility index (Phi) is 4.75. The topological polar surface area (TPSA) is 29.1 Å². The highest BCUT2D eigenvalue weighted by Crippen LogP contribution is 2.13. The third-order valence-corrected chi connectivity index (χ3v) is 2.44. The SMILES string of the molecule is C[C@H](NC(=O)CCBr)c1cccc(F)c1. The van der Waals surface area contributed by atoms with E-state index in [1.54, 1.807) is 12.1 Å². The van der Waals surface area contributed by atoms with Crippen LogP contribution in [0.1, 0.15) is 24.9 Å². The number of halogens is 2. The van der Waals surface area contributed by atoms with Crippen molar-refractivity contribution < 1.29 is 9.18 Å². The molecule has 2 nitrogen and oxygen atoms in total. The largest absolute Gasteiger partial charge is 0.350 e. The smallest absolute Gasteiger partial charge is 0.221 e. The average molecular weight is 274 g/mol. The van der Waals surface area contributed by atoms with E-state index >= 15 is 0 Å². The van der Waals surface area contributed by atoms with E-state index in [4.69, 9.17) is 0 Å². The molecule has 1 atom stereocenters. The minimum atomic E-state index is -0.283. The zero-order chi connectivity index (χ0) is 11.3. The van der Waals surface area contributed by atoms with E-state index in [-0.39, 0.29) is 17.8 Å². The second-order valence-electron chi connectivity index (χ2n) is 3.28. The standard InChI is InChI=1S/C11H13BrFNO/c1-8(14-11(15)5-6-12)9-3-2-4-10(13)7-9/h2-4,7-8H,5-6H2,1H3,(H,14,15)/t8-/m0/s1. The molecular formula is C11H13BrFNO. The monoisotopic (exact) mass is 273 g/mol. The highest BCUT2D eigenvalue weighted by Gasteiger charge is 2.09. The molecule has 1 rings (SSSR count). The van der Waals surface area contributed by atoms with Crippen molar-refractivity contribution in [2.45, 2.75) is 19.4 Å². The van der Waals surface area contributed by atoms with E-state index in [1.165, 1.54) is 12.1 Å². The van der Waals surface area contributed by atoms with Crippen molar-refractivity contribution in [3.05, 3.63) is 35.6 Å². The summed E-state index contributed by atoms with van der Waals surface area (Å²) in [7, 11) is 0. The van der Waals surface area contributed by atoms with E-state index in [1.807, 2.05) is 6.92 Å². The van der Waals surface area contributed by atoms with Gasteiger partial charge in [-0.2, -0.15) is 0 Å². The summed E-state index contributed by atoms with van der Waals surface area (Å²) >= 11 is 3.19. The van der Waals surface area contributed by atoms with Crippen molar-refractivity contribution in [3.8, 4) is 0 Å². The number of amides is 1. The summed E-state index contributed by atoms with van der Waals surface area (Å²) in [6.07, 6.45) is 0.430. The zero-order valence-corrected chi connectivity index (χ0v) is 10.1. The van der Waals surface area contributed by atoms with Crippen LogP contribution < -0.4 is 5.32 Å². The molecule has 0 saturated heterocycles. The number of carbonyl (C=O) groups is 1. The fourth-order valence-corrected chi connectivity index (χ4v) is 1.62. The van der Waals surface area contributed by atoms with Crippen LogP contribution in [0.3, 0.4) is 0 Å². The number of nitrogens with one attached hydrogen (secondary N) is 1. The van der Waals surface area contributed by atoms with Gasteiger partial charge in [0.2, 0.25) is 5.91 Å². The van der Waals surface area contributed by atoms with E-state index in [0.29, 0.717) is 11.8 Å². The molecule has 0 spiro atoms. The molecule has 4 heteroatoms. The van der Waals surface area contributed by atoms with Crippen LogP contribution in [0.5, 0.6) is 0 Å². The van der Waals surface area contributed by atoms with E-state index < -0.39 is 0 Å². The molecule has 0 aromatic heterocycles. The highest BCUT2D eigenvalue weighted by atomic mass is 79.9. The van der Waals surface area contributed by atoms with Crippen LogP contribution in [0.2, 0.25) is 0 Å². The Bertz CT molecular complexity index is 343. The van der Waals surface area contributed by atoms with Gasteiger partial charge in [-0.05, 0) is 24.6 Å².